The maximum atomic E-state index is 6.03. The number of nitrogen functional groups attached to an aromatic ring is 1. The van der Waals surface area contributed by atoms with Gasteiger partial charge in [0.15, 0.2) is 5.82 Å². The number of hydrogen-bond acceptors (Lipinski definition) is 7. The number of ether oxygens (including phenoxy) is 2. The molecule has 112 valence electrons. The summed E-state index contributed by atoms with van der Waals surface area (Å²) in [5, 5.41) is 3.52. The number of aromatic nitrogens is 2. The fourth-order valence-electron chi connectivity index (χ4n) is 1.74. The highest BCUT2D eigenvalue weighted by atomic mass is 35.5. The second kappa shape index (κ2) is 6.96. The fourth-order valence-corrected chi connectivity index (χ4v) is 1.90. The van der Waals surface area contributed by atoms with Crippen LogP contribution in [0.15, 0.2) is 24.4 Å². The second-order valence-electron chi connectivity index (χ2n) is 4.07. The maximum Gasteiger partial charge on any atom is 0.239 e. The number of nitrogens with one attached hydrogen (secondary N) is 2. The normalized spacial score (nSPS) is 10.1. The molecule has 0 fully saturated rings. The number of nitrogens with two attached hydrogens (primary N) is 1. The number of hydrogen-bond donors (Lipinski definition) is 3. The van der Waals surface area contributed by atoms with Gasteiger partial charge in [0.25, 0.3) is 0 Å². The van der Waals surface area contributed by atoms with Crippen molar-refractivity contribution in [2.45, 2.75) is 6.54 Å². The molecule has 2 aromatic rings. The van der Waals surface area contributed by atoms with Gasteiger partial charge in [-0.05, 0) is 12.1 Å². The van der Waals surface area contributed by atoms with E-state index in [1.807, 2.05) is 18.2 Å². The van der Waals surface area contributed by atoms with Crippen LogP contribution in [0.25, 0.3) is 0 Å². The molecule has 4 N–H and O–H groups in total. The van der Waals surface area contributed by atoms with Crippen LogP contribution in [0, 0.1) is 0 Å². The highest BCUT2D eigenvalue weighted by Gasteiger charge is 2.08. The number of methoxy groups -OCH3 is 2. The summed E-state index contributed by atoms with van der Waals surface area (Å²) in [5.74, 6) is 7.48. The Hall–Kier alpha value is -2.25. The highest BCUT2D eigenvalue weighted by molar-refractivity contribution is 6.32. The summed E-state index contributed by atoms with van der Waals surface area (Å²) in [6, 6.07) is 5.57. The molecular formula is C13H16ClN5O2. The smallest absolute Gasteiger partial charge is 0.239 e. The van der Waals surface area contributed by atoms with Crippen LogP contribution < -0.4 is 26.1 Å². The maximum absolute atomic E-state index is 6.03. The third-order valence-corrected chi connectivity index (χ3v) is 3.09. The summed E-state index contributed by atoms with van der Waals surface area (Å²) in [6.07, 6.45) is 1.47. The Kier molecular flexibility index (Phi) is 5.02. The molecule has 0 spiro atoms. The van der Waals surface area contributed by atoms with Crippen LogP contribution in [-0.2, 0) is 6.54 Å². The van der Waals surface area contributed by atoms with Crippen LogP contribution in [-0.4, -0.2) is 24.2 Å². The lowest BCUT2D eigenvalue weighted by molar-refractivity contribution is 0.391. The molecule has 0 unspecified atom stereocenters. The van der Waals surface area contributed by atoms with Gasteiger partial charge in [0.05, 0.1) is 20.4 Å². The first-order valence-electron chi connectivity index (χ1n) is 6.12. The minimum absolute atomic E-state index is 0.281. The number of benzene rings is 1. The molecule has 0 amide bonds. The molecule has 1 heterocycles. The van der Waals surface area contributed by atoms with Crippen molar-refractivity contribution < 1.29 is 9.47 Å². The van der Waals surface area contributed by atoms with Gasteiger partial charge < -0.3 is 14.8 Å². The minimum Gasteiger partial charge on any atom is -0.497 e. The number of rotatable bonds is 6. The van der Waals surface area contributed by atoms with Crippen LogP contribution >= 0.6 is 11.6 Å². The Morgan fingerprint density at radius 1 is 1.29 bits per heavy atom. The van der Waals surface area contributed by atoms with Gasteiger partial charge in [-0.1, -0.05) is 11.6 Å². The Balaban J connectivity index is 2.16. The number of nitrogens with zero attached hydrogens (tertiary/aromatic N) is 2. The molecule has 1 aromatic carbocycles. The number of hydrazine groups is 1. The first kappa shape index (κ1) is 15.1. The van der Waals surface area contributed by atoms with E-state index >= 15 is 0 Å². The van der Waals surface area contributed by atoms with Crippen molar-refractivity contribution in [3.63, 3.8) is 0 Å². The molecule has 2 rings (SSSR count). The largest absolute Gasteiger partial charge is 0.497 e. The van der Waals surface area contributed by atoms with Crippen LogP contribution in [0.2, 0.25) is 5.02 Å². The van der Waals surface area contributed by atoms with E-state index in [-0.39, 0.29) is 5.95 Å². The predicted molar refractivity (Wildman–Crippen MR) is 81.7 cm³/mol. The number of halogens is 1. The third-order valence-electron chi connectivity index (χ3n) is 2.81. The fraction of sp³-hybridized carbons (Fsp3) is 0.231. The van der Waals surface area contributed by atoms with Crippen molar-refractivity contribution in [2.75, 3.05) is 25.0 Å². The van der Waals surface area contributed by atoms with Gasteiger partial charge in [-0.3, -0.25) is 5.43 Å². The van der Waals surface area contributed by atoms with Crippen LogP contribution in [0.4, 0.5) is 11.8 Å². The quantitative estimate of drug-likeness (QED) is 0.555. The minimum atomic E-state index is 0.281. The molecule has 0 aliphatic heterocycles. The van der Waals surface area contributed by atoms with Crippen molar-refractivity contribution in [3.8, 4) is 11.5 Å². The molecule has 8 heteroatoms. The lowest BCUT2D eigenvalue weighted by Crippen LogP contribution is -2.12. The molecule has 0 radical (unpaired) electrons. The van der Waals surface area contributed by atoms with Crippen molar-refractivity contribution in [3.05, 3.63) is 35.0 Å². The highest BCUT2D eigenvalue weighted by Crippen LogP contribution is 2.26. The van der Waals surface area contributed by atoms with Gasteiger partial charge in [-0.25, -0.2) is 10.8 Å². The van der Waals surface area contributed by atoms with E-state index in [1.54, 1.807) is 14.2 Å². The average Bonchev–Trinajstić information content (AvgIpc) is 2.54. The van der Waals surface area contributed by atoms with Gasteiger partial charge >= 0.3 is 0 Å². The SMILES string of the molecule is COc1ccc(CNc2nc(NN)ncc2Cl)c(OC)c1. The Labute approximate surface area is 127 Å². The summed E-state index contributed by atoms with van der Waals surface area (Å²) in [5.41, 5.74) is 3.31. The van der Waals surface area contributed by atoms with E-state index in [0.29, 0.717) is 23.1 Å². The van der Waals surface area contributed by atoms with Crippen LogP contribution in [0.1, 0.15) is 5.56 Å². The zero-order valence-corrected chi connectivity index (χ0v) is 12.4. The van der Waals surface area contributed by atoms with E-state index in [0.717, 1.165) is 11.3 Å². The van der Waals surface area contributed by atoms with Crippen molar-refractivity contribution in [2.24, 2.45) is 5.84 Å². The summed E-state index contributed by atoms with van der Waals surface area (Å²) in [7, 11) is 3.21. The Bertz CT molecular complexity index is 624. The lowest BCUT2D eigenvalue weighted by atomic mass is 10.2. The van der Waals surface area contributed by atoms with Crippen molar-refractivity contribution in [1.82, 2.24) is 9.97 Å². The second-order valence-corrected chi connectivity index (χ2v) is 4.47. The molecule has 0 aliphatic carbocycles. The van der Waals surface area contributed by atoms with Crippen molar-refractivity contribution in [1.29, 1.82) is 0 Å². The molecule has 0 saturated heterocycles. The van der Waals surface area contributed by atoms with E-state index in [2.05, 4.69) is 20.7 Å². The van der Waals surface area contributed by atoms with Gasteiger partial charge in [0.2, 0.25) is 5.95 Å². The molecule has 0 aliphatic rings. The van der Waals surface area contributed by atoms with E-state index in [4.69, 9.17) is 26.9 Å². The zero-order chi connectivity index (χ0) is 15.2. The van der Waals surface area contributed by atoms with Gasteiger partial charge in [0, 0.05) is 18.2 Å². The first-order chi connectivity index (χ1) is 10.2. The van der Waals surface area contributed by atoms with E-state index < -0.39 is 0 Å². The van der Waals surface area contributed by atoms with Crippen LogP contribution in [0.3, 0.4) is 0 Å². The standard InChI is InChI=1S/C13H16ClN5O2/c1-20-9-4-3-8(11(5-9)21-2)6-16-12-10(14)7-17-13(18-12)19-15/h3-5,7H,6,15H2,1-2H3,(H2,16,17,18,19). The molecule has 0 saturated carbocycles. The van der Waals surface area contributed by atoms with E-state index in [1.165, 1.54) is 6.20 Å². The summed E-state index contributed by atoms with van der Waals surface area (Å²) in [6.45, 7) is 0.480. The summed E-state index contributed by atoms with van der Waals surface area (Å²) >= 11 is 6.03. The molecule has 7 nitrogen and oxygen atoms in total. The van der Waals surface area contributed by atoms with E-state index in [9.17, 15) is 0 Å². The molecule has 21 heavy (non-hydrogen) atoms. The average molecular weight is 310 g/mol. The van der Waals surface area contributed by atoms with Gasteiger partial charge in [0.1, 0.15) is 16.5 Å². The van der Waals surface area contributed by atoms with Gasteiger partial charge in [-0.2, -0.15) is 4.98 Å². The molecule has 0 bridgehead atoms. The number of anilines is 2. The van der Waals surface area contributed by atoms with Gasteiger partial charge in [-0.15, -0.1) is 0 Å². The monoisotopic (exact) mass is 309 g/mol. The van der Waals surface area contributed by atoms with Crippen molar-refractivity contribution >= 4 is 23.4 Å². The predicted octanol–water partition coefficient (Wildman–Crippen LogP) is 2.04. The topological polar surface area (TPSA) is 94.3 Å². The first-order valence-corrected chi connectivity index (χ1v) is 6.49. The lowest BCUT2D eigenvalue weighted by Gasteiger charge is -2.12. The zero-order valence-electron chi connectivity index (χ0n) is 11.7. The Morgan fingerprint density at radius 3 is 2.76 bits per heavy atom. The molecule has 1 aromatic heterocycles. The Morgan fingerprint density at radius 2 is 2.10 bits per heavy atom. The third kappa shape index (κ3) is 3.65. The molecular weight excluding hydrogens is 294 g/mol. The molecule has 0 atom stereocenters. The summed E-state index contributed by atoms with van der Waals surface area (Å²) < 4.78 is 10.5. The summed E-state index contributed by atoms with van der Waals surface area (Å²) in [4.78, 5) is 8.05. The van der Waals surface area contributed by atoms with Crippen LogP contribution in [0.5, 0.6) is 11.5 Å².